The molecule has 1 saturated heterocycles. The van der Waals surface area contributed by atoms with Gasteiger partial charge in [-0.15, -0.1) is 0 Å². The molecule has 0 spiro atoms. The third kappa shape index (κ3) is 5.30. The molecular weight excluding hydrogens is 290 g/mol. The van der Waals surface area contributed by atoms with Crippen molar-refractivity contribution in [2.24, 2.45) is 0 Å². The third-order valence-corrected chi connectivity index (χ3v) is 4.66. The Hall–Kier alpha value is -1.43. The minimum Gasteiger partial charge on any atom is -0.395 e. The first-order valence-electron chi connectivity index (χ1n) is 8.41. The summed E-state index contributed by atoms with van der Waals surface area (Å²) in [4.78, 5) is 16.7. The van der Waals surface area contributed by atoms with Gasteiger partial charge in [-0.1, -0.05) is 18.2 Å². The van der Waals surface area contributed by atoms with Gasteiger partial charge in [-0.25, -0.2) is 0 Å². The van der Waals surface area contributed by atoms with Crippen molar-refractivity contribution in [3.05, 3.63) is 34.9 Å². The maximum atomic E-state index is 12.2. The summed E-state index contributed by atoms with van der Waals surface area (Å²) in [6.07, 6.45) is 0. The number of hydrogen-bond donors (Lipinski definition) is 2. The number of aryl methyl sites for hydroxylation is 2. The lowest BCUT2D eigenvalue weighted by molar-refractivity contribution is -0.123. The Morgan fingerprint density at radius 1 is 1.17 bits per heavy atom. The molecule has 0 aliphatic carbocycles. The summed E-state index contributed by atoms with van der Waals surface area (Å²) in [5.74, 6) is 0.0753. The van der Waals surface area contributed by atoms with Crippen molar-refractivity contribution in [1.29, 1.82) is 0 Å². The maximum absolute atomic E-state index is 12.2. The Morgan fingerprint density at radius 2 is 1.83 bits per heavy atom. The summed E-state index contributed by atoms with van der Waals surface area (Å²) < 4.78 is 0. The molecular formula is C18H29N3O2. The Balaban J connectivity index is 1.79. The molecule has 1 aliphatic rings. The van der Waals surface area contributed by atoms with E-state index >= 15 is 0 Å². The Morgan fingerprint density at radius 3 is 2.43 bits per heavy atom. The molecule has 0 saturated carbocycles. The quantitative estimate of drug-likeness (QED) is 0.824. The molecule has 2 rings (SSSR count). The van der Waals surface area contributed by atoms with E-state index < -0.39 is 0 Å². The van der Waals surface area contributed by atoms with Gasteiger partial charge in [-0.05, 0) is 37.5 Å². The zero-order chi connectivity index (χ0) is 16.8. The van der Waals surface area contributed by atoms with E-state index in [0.29, 0.717) is 6.54 Å². The largest absolute Gasteiger partial charge is 0.395 e. The minimum absolute atomic E-state index is 0.0254. The smallest absolute Gasteiger partial charge is 0.234 e. The Labute approximate surface area is 139 Å². The molecule has 5 nitrogen and oxygen atoms in total. The number of β-amino-alcohol motifs (C(OH)–C–C–N with tert-alkyl or cyclic N) is 1. The number of carbonyl (C=O) groups is 1. The second-order valence-corrected chi connectivity index (χ2v) is 6.47. The van der Waals surface area contributed by atoms with Crippen molar-refractivity contribution in [2.45, 2.75) is 26.8 Å². The van der Waals surface area contributed by atoms with Crippen LogP contribution in [-0.4, -0.2) is 66.7 Å². The molecule has 0 bridgehead atoms. The number of benzene rings is 1. The fraction of sp³-hybridized carbons (Fsp3) is 0.611. The van der Waals surface area contributed by atoms with Gasteiger partial charge in [-0.2, -0.15) is 0 Å². The van der Waals surface area contributed by atoms with Crippen LogP contribution in [0.3, 0.4) is 0 Å². The molecule has 23 heavy (non-hydrogen) atoms. The van der Waals surface area contributed by atoms with Gasteiger partial charge in [0.25, 0.3) is 0 Å². The van der Waals surface area contributed by atoms with E-state index in [-0.39, 0.29) is 18.6 Å². The number of hydrogen-bond acceptors (Lipinski definition) is 4. The van der Waals surface area contributed by atoms with E-state index in [1.165, 1.54) is 11.1 Å². The fourth-order valence-electron chi connectivity index (χ4n) is 2.92. The first-order chi connectivity index (χ1) is 11.0. The van der Waals surface area contributed by atoms with Gasteiger partial charge in [0.15, 0.2) is 0 Å². The van der Waals surface area contributed by atoms with Gasteiger partial charge >= 0.3 is 0 Å². The highest BCUT2D eigenvalue weighted by Gasteiger charge is 2.19. The average Bonchev–Trinajstić information content (AvgIpc) is 2.52. The van der Waals surface area contributed by atoms with Crippen LogP contribution in [-0.2, 0) is 4.79 Å². The van der Waals surface area contributed by atoms with Crippen LogP contribution in [0.15, 0.2) is 18.2 Å². The summed E-state index contributed by atoms with van der Waals surface area (Å²) in [5.41, 5.74) is 3.67. The first kappa shape index (κ1) is 17.9. The average molecular weight is 319 g/mol. The molecule has 1 heterocycles. The monoisotopic (exact) mass is 319 g/mol. The number of rotatable bonds is 6. The van der Waals surface area contributed by atoms with Crippen molar-refractivity contribution in [2.75, 3.05) is 45.9 Å². The predicted molar refractivity (Wildman–Crippen MR) is 92.4 cm³/mol. The van der Waals surface area contributed by atoms with E-state index in [1.807, 2.05) is 6.92 Å². The van der Waals surface area contributed by atoms with E-state index in [4.69, 9.17) is 5.11 Å². The summed E-state index contributed by atoms with van der Waals surface area (Å²) in [6, 6.07) is 6.36. The summed E-state index contributed by atoms with van der Waals surface area (Å²) in [6.45, 7) is 11.2. The lowest BCUT2D eigenvalue weighted by atomic mass is 10.0. The summed E-state index contributed by atoms with van der Waals surface area (Å²) in [5, 5.41) is 12.0. The van der Waals surface area contributed by atoms with Crippen molar-refractivity contribution >= 4 is 5.91 Å². The first-order valence-corrected chi connectivity index (χ1v) is 8.41. The summed E-state index contributed by atoms with van der Waals surface area (Å²) in [7, 11) is 0. The molecule has 1 amide bonds. The summed E-state index contributed by atoms with van der Waals surface area (Å²) >= 11 is 0. The van der Waals surface area contributed by atoms with Crippen molar-refractivity contribution < 1.29 is 9.90 Å². The van der Waals surface area contributed by atoms with Crippen LogP contribution in [0.2, 0.25) is 0 Å². The minimum atomic E-state index is 0.0254. The molecule has 2 N–H and O–H groups in total. The van der Waals surface area contributed by atoms with Crippen LogP contribution in [0.25, 0.3) is 0 Å². The number of piperazine rings is 1. The number of nitrogens with one attached hydrogen (secondary N) is 1. The van der Waals surface area contributed by atoms with E-state index in [1.54, 1.807) is 0 Å². The molecule has 1 fully saturated rings. The normalized spacial score (nSPS) is 17.9. The molecule has 1 atom stereocenters. The number of carbonyl (C=O) groups excluding carboxylic acids is 1. The van der Waals surface area contributed by atoms with E-state index in [9.17, 15) is 4.79 Å². The van der Waals surface area contributed by atoms with E-state index in [0.717, 1.165) is 38.3 Å². The van der Waals surface area contributed by atoms with Crippen molar-refractivity contribution in [1.82, 2.24) is 15.1 Å². The van der Waals surface area contributed by atoms with Crippen LogP contribution in [0.4, 0.5) is 0 Å². The van der Waals surface area contributed by atoms with Gasteiger partial charge in [0, 0.05) is 32.7 Å². The zero-order valence-electron chi connectivity index (χ0n) is 14.5. The number of aliphatic hydroxyl groups excluding tert-OH is 1. The van der Waals surface area contributed by atoms with Gasteiger partial charge in [0.05, 0.1) is 19.2 Å². The molecule has 0 unspecified atom stereocenters. The van der Waals surface area contributed by atoms with Crippen LogP contribution in [0.1, 0.15) is 29.7 Å². The highest BCUT2D eigenvalue weighted by Crippen LogP contribution is 2.16. The van der Waals surface area contributed by atoms with Crippen LogP contribution in [0, 0.1) is 13.8 Å². The molecule has 1 aromatic carbocycles. The topological polar surface area (TPSA) is 55.8 Å². The van der Waals surface area contributed by atoms with Gasteiger partial charge in [0.2, 0.25) is 5.91 Å². The van der Waals surface area contributed by atoms with E-state index in [2.05, 4.69) is 47.2 Å². The van der Waals surface area contributed by atoms with Gasteiger partial charge in [0.1, 0.15) is 0 Å². The zero-order valence-corrected chi connectivity index (χ0v) is 14.5. The third-order valence-electron chi connectivity index (χ3n) is 4.66. The number of nitrogens with zero attached hydrogens (tertiary/aromatic N) is 2. The highest BCUT2D eigenvalue weighted by molar-refractivity contribution is 5.78. The number of aliphatic hydroxyl groups is 1. The second-order valence-electron chi connectivity index (χ2n) is 6.47. The van der Waals surface area contributed by atoms with Crippen molar-refractivity contribution in [3.8, 4) is 0 Å². The predicted octanol–water partition coefficient (Wildman–Crippen LogP) is 1.09. The Bertz CT molecular complexity index is 525. The van der Waals surface area contributed by atoms with Crippen LogP contribution >= 0.6 is 0 Å². The molecule has 0 radical (unpaired) electrons. The fourth-order valence-corrected chi connectivity index (χ4v) is 2.92. The molecule has 1 aromatic rings. The molecule has 128 valence electrons. The second kappa shape index (κ2) is 8.43. The standard InChI is InChI=1S/C18H29N3O2/c1-14-4-5-17(12-15(14)2)16(3)19-18(23)13-21-8-6-20(7-9-21)10-11-22/h4-5,12,16,22H,6-11,13H2,1-3H3,(H,19,23)/t16-/m1/s1. The molecule has 5 heteroatoms. The molecule has 0 aromatic heterocycles. The lowest BCUT2D eigenvalue weighted by Crippen LogP contribution is -2.50. The SMILES string of the molecule is Cc1ccc([C@@H](C)NC(=O)CN2CCN(CCO)CC2)cc1C. The van der Waals surface area contributed by atoms with Gasteiger partial charge < -0.3 is 10.4 Å². The number of amides is 1. The van der Waals surface area contributed by atoms with Crippen LogP contribution in [0.5, 0.6) is 0 Å². The lowest BCUT2D eigenvalue weighted by Gasteiger charge is -2.34. The molecule has 1 aliphatic heterocycles. The van der Waals surface area contributed by atoms with Crippen molar-refractivity contribution in [3.63, 3.8) is 0 Å². The maximum Gasteiger partial charge on any atom is 0.234 e. The van der Waals surface area contributed by atoms with Crippen LogP contribution < -0.4 is 5.32 Å². The highest BCUT2D eigenvalue weighted by atomic mass is 16.3. The van der Waals surface area contributed by atoms with Gasteiger partial charge in [-0.3, -0.25) is 14.6 Å². The Kier molecular flexibility index (Phi) is 6.57.